The van der Waals surface area contributed by atoms with Crippen LogP contribution >= 0.6 is 12.0 Å². The van der Waals surface area contributed by atoms with Gasteiger partial charge in [0.25, 0.3) is 0 Å². The molecule has 0 unspecified atom stereocenters. The van der Waals surface area contributed by atoms with Gasteiger partial charge in [-0.05, 0) is 40.5 Å². The normalized spacial score (nSPS) is 22.1. The summed E-state index contributed by atoms with van der Waals surface area (Å²) < 4.78 is 4.36. The third-order valence-electron chi connectivity index (χ3n) is 3.62. The molecule has 1 aliphatic rings. The average Bonchev–Trinajstić information content (AvgIpc) is 2.19. The van der Waals surface area contributed by atoms with E-state index in [1.165, 1.54) is 0 Å². The van der Waals surface area contributed by atoms with Crippen LogP contribution in [0.4, 0.5) is 0 Å². The molecule has 1 rings (SSSR count). The summed E-state index contributed by atoms with van der Waals surface area (Å²) in [7, 11) is 0. The monoisotopic (exact) mass is 314 g/mol. The number of likely N-dealkylation sites (tertiary alicyclic amines) is 1. The summed E-state index contributed by atoms with van der Waals surface area (Å²) in [6.45, 7) is 10.0. The van der Waals surface area contributed by atoms with E-state index in [0.29, 0.717) is 5.88 Å². The van der Waals surface area contributed by atoms with Crippen LogP contribution < -0.4 is 40.1 Å². The average molecular weight is 314 g/mol. The van der Waals surface area contributed by atoms with Gasteiger partial charge in [-0.2, -0.15) is 4.33 Å². The van der Waals surface area contributed by atoms with Gasteiger partial charge in [-0.25, -0.2) is 0 Å². The minimum atomic E-state index is -0.103. The van der Waals surface area contributed by atoms with Crippen LogP contribution in [0.15, 0.2) is 0 Å². The van der Waals surface area contributed by atoms with Crippen LogP contribution in [0.3, 0.4) is 0 Å². The molecule has 112 valence electrons. The number of nitrogens with one attached hydrogen (secondary N) is 1. The van der Waals surface area contributed by atoms with Crippen LogP contribution in [-0.4, -0.2) is 33.8 Å². The molecule has 1 saturated heterocycles. The zero-order valence-corrected chi connectivity index (χ0v) is 16.0. The van der Waals surface area contributed by atoms with E-state index in [9.17, 15) is 10.1 Å². The van der Waals surface area contributed by atoms with Crippen molar-refractivity contribution in [2.24, 2.45) is 0 Å². The van der Waals surface area contributed by atoms with Crippen LogP contribution in [0.1, 0.15) is 47.5 Å². The first kappa shape index (κ1) is 20.7. The second-order valence-electron chi connectivity index (χ2n) is 6.24. The summed E-state index contributed by atoms with van der Waals surface area (Å²) in [5, 5.41) is 16.2. The molecule has 1 N–H and O–H groups in total. The van der Waals surface area contributed by atoms with Crippen molar-refractivity contribution in [3.05, 3.63) is 0 Å². The number of nitrogens with zero attached hydrogens (tertiary/aromatic N) is 1. The van der Waals surface area contributed by atoms with Crippen molar-refractivity contribution in [2.45, 2.75) is 64.6 Å². The Balaban J connectivity index is 0.00000361. The van der Waals surface area contributed by atoms with Gasteiger partial charge >= 0.3 is 29.6 Å². The number of rotatable bonds is 5. The van der Waals surface area contributed by atoms with E-state index in [1.807, 2.05) is 0 Å². The van der Waals surface area contributed by atoms with Gasteiger partial charge in [0.15, 0.2) is 0 Å². The Morgan fingerprint density at radius 3 is 2.25 bits per heavy atom. The maximum atomic E-state index is 11.2. The molecule has 1 amide bonds. The van der Waals surface area contributed by atoms with Gasteiger partial charge in [0.1, 0.15) is 0 Å². The Hall–Kier alpha value is 0.660. The fourth-order valence-electron chi connectivity index (χ4n) is 3.15. The quantitative estimate of drug-likeness (QED) is 0.208. The fraction of sp³-hybridized carbons (Fsp3) is 0.917. The van der Waals surface area contributed by atoms with Crippen LogP contribution in [-0.2, 0) is 14.2 Å². The molecule has 0 spiro atoms. The predicted octanol–water partition coefficient (Wildman–Crippen LogP) is -2.02. The zero-order chi connectivity index (χ0) is 14.7. The van der Waals surface area contributed by atoms with E-state index in [4.69, 9.17) is 0 Å². The minimum absolute atomic E-state index is 0. The van der Waals surface area contributed by atoms with E-state index in [1.54, 1.807) is 6.92 Å². The van der Waals surface area contributed by atoms with Crippen molar-refractivity contribution in [3.63, 3.8) is 0 Å². The Morgan fingerprint density at radius 1 is 1.35 bits per heavy atom. The van der Waals surface area contributed by atoms with Gasteiger partial charge < -0.3 is 10.6 Å². The number of amides is 1. The molecule has 6 nitrogen and oxygen atoms in total. The molecule has 0 aromatic heterocycles. The summed E-state index contributed by atoms with van der Waals surface area (Å²) in [4.78, 5) is 13.5. The van der Waals surface area contributed by atoms with Crippen molar-refractivity contribution in [1.29, 1.82) is 0 Å². The molecule has 0 aromatic carbocycles. The van der Waals surface area contributed by atoms with Crippen molar-refractivity contribution >= 4 is 17.9 Å². The first-order chi connectivity index (χ1) is 8.69. The summed E-state index contributed by atoms with van der Waals surface area (Å²) in [6.07, 6.45) is 1.71. The molecule has 20 heavy (non-hydrogen) atoms. The first-order valence-electron chi connectivity index (χ1n) is 6.32. The molecule has 0 aromatic rings. The number of carbonyl (C=O) groups is 1. The minimum Gasteiger partial charge on any atom is -0.691 e. The maximum absolute atomic E-state index is 11.2. The van der Waals surface area contributed by atoms with Crippen LogP contribution in [0.5, 0.6) is 0 Å². The molecule has 1 fully saturated rings. The summed E-state index contributed by atoms with van der Waals surface area (Å²) >= 11 is 0.983. The van der Waals surface area contributed by atoms with E-state index in [0.717, 1.165) is 24.9 Å². The van der Waals surface area contributed by atoms with Crippen LogP contribution in [0.25, 0.3) is 0 Å². The van der Waals surface area contributed by atoms with E-state index in [-0.39, 0.29) is 52.6 Å². The molecule has 1 heterocycles. The van der Waals surface area contributed by atoms with Gasteiger partial charge in [0.05, 0.1) is 5.88 Å². The smallest absolute Gasteiger partial charge is 0.691 e. The Bertz CT molecular complexity index is 311. The van der Waals surface area contributed by atoms with Crippen molar-refractivity contribution in [2.75, 3.05) is 5.88 Å². The summed E-state index contributed by atoms with van der Waals surface area (Å²) in [6, 6.07) is 0.167. The van der Waals surface area contributed by atoms with Gasteiger partial charge in [0, 0.05) is 36.1 Å². The van der Waals surface area contributed by atoms with Gasteiger partial charge in [-0.15, -0.1) is 0 Å². The zero-order valence-electron chi connectivity index (χ0n) is 13.2. The number of carbonyl (C=O) groups excluding carboxylic acids is 1. The van der Waals surface area contributed by atoms with Gasteiger partial charge in [-0.3, -0.25) is 14.7 Å². The Labute approximate surface area is 147 Å². The van der Waals surface area contributed by atoms with Crippen molar-refractivity contribution in [1.82, 2.24) is 10.2 Å². The number of hydrogen-bond donors (Lipinski definition) is 1. The summed E-state index contributed by atoms with van der Waals surface area (Å²) in [5.74, 6) is 0.539. The molecule has 0 aliphatic carbocycles. The molecule has 0 saturated carbocycles. The molecule has 0 atom stereocenters. The standard InChI is InChI=1S/C12H24N2O4S.Na/c1-9(15)13-10-6-11(2,3)14(8-19-18-17-16)12(4,5)7-10;/h10,16H,6-8H2,1-5H3,(H,13,15);/q;+1/p-1. The van der Waals surface area contributed by atoms with E-state index < -0.39 is 0 Å². The SMILES string of the molecule is CC(=O)NC1CC(C)(C)N(CSOO[O-])C(C)(C)C1.[Na+]. The third kappa shape index (κ3) is 5.81. The summed E-state index contributed by atoms with van der Waals surface area (Å²) in [5.41, 5.74) is -0.206. The Morgan fingerprint density at radius 2 is 1.85 bits per heavy atom. The largest absolute Gasteiger partial charge is 1.00 e. The van der Waals surface area contributed by atoms with Crippen molar-refractivity contribution < 1.29 is 49.0 Å². The maximum Gasteiger partial charge on any atom is 1.00 e. The molecular formula is C12H23N2NaO4S. The molecule has 8 heteroatoms. The molecular weight excluding hydrogens is 291 g/mol. The van der Waals surface area contributed by atoms with Gasteiger partial charge in [-0.1, -0.05) is 0 Å². The topological polar surface area (TPSA) is 73.9 Å². The van der Waals surface area contributed by atoms with Crippen molar-refractivity contribution in [3.8, 4) is 0 Å². The second-order valence-corrected chi connectivity index (χ2v) is 6.87. The number of piperidine rings is 1. The predicted molar refractivity (Wildman–Crippen MR) is 71.5 cm³/mol. The number of hydrogen-bond acceptors (Lipinski definition) is 6. The van der Waals surface area contributed by atoms with Gasteiger partial charge in [0.2, 0.25) is 5.91 Å². The molecule has 0 radical (unpaired) electrons. The first-order valence-corrected chi connectivity index (χ1v) is 7.23. The molecule has 0 bridgehead atoms. The van der Waals surface area contributed by atoms with E-state index >= 15 is 0 Å². The Kier molecular flexibility index (Phi) is 8.61. The third-order valence-corrected chi connectivity index (χ3v) is 4.13. The molecule has 1 aliphatic heterocycles. The van der Waals surface area contributed by atoms with E-state index in [2.05, 4.69) is 47.3 Å². The fourth-order valence-corrected chi connectivity index (χ4v) is 4.04. The van der Waals surface area contributed by atoms with Crippen LogP contribution in [0, 0.1) is 0 Å². The van der Waals surface area contributed by atoms with Crippen LogP contribution in [0.2, 0.25) is 0 Å². The second kappa shape index (κ2) is 8.33.